The average molecular weight is 285 g/mol. The lowest BCUT2D eigenvalue weighted by atomic mass is 9.51. The van der Waals surface area contributed by atoms with E-state index in [1.165, 1.54) is 49.3 Å². The number of nitrogens with two attached hydrogens (primary N) is 1. The molecule has 6 rings (SSSR count). The second kappa shape index (κ2) is 4.34. The molecule has 3 heteroatoms. The zero-order valence-electron chi connectivity index (χ0n) is 13.1. The fourth-order valence-electron chi connectivity index (χ4n) is 6.40. The highest BCUT2D eigenvalue weighted by Gasteiger charge is 2.50. The summed E-state index contributed by atoms with van der Waals surface area (Å²) in [7, 11) is 2.27. The Kier molecular flexibility index (Phi) is 2.62. The van der Waals surface area contributed by atoms with E-state index in [0.717, 1.165) is 48.9 Å². The van der Waals surface area contributed by atoms with Crippen LogP contribution in [0.3, 0.4) is 0 Å². The van der Waals surface area contributed by atoms with Crippen molar-refractivity contribution in [2.75, 3.05) is 0 Å². The fourth-order valence-corrected chi connectivity index (χ4v) is 6.40. The maximum absolute atomic E-state index is 6.15. The van der Waals surface area contributed by atoms with Gasteiger partial charge in [-0.25, -0.2) is 4.98 Å². The minimum atomic E-state index is 0.332. The van der Waals surface area contributed by atoms with Gasteiger partial charge in [0.15, 0.2) is 0 Å². The second-order valence-corrected chi connectivity index (χ2v) is 8.38. The first kappa shape index (κ1) is 12.7. The van der Waals surface area contributed by atoms with Crippen LogP contribution in [0.5, 0.6) is 0 Å². The molecule has 1 aromatic rings. The molecule has 0 amide bonds. The molecule has 4 bridgehead atoms. The van der Waals surface area contributed by atoms with Gasteiger partial charge in [-0.1, -0.05) is 0 Å². The first-order valence-corrected chi connectivity index (χ1v) is 8.99. The number of imidazole rings is 1. The monoisotopic (exact) mass is 285 g/mol. The van der Waals surface area contributed by atoms with Crippen molar-refractivity contribution in [2.24, 2.45) is 36.5 Å². The standard InChI is InChI=1S/C18H27N3/c1-21-16-3-2-14(19)9-15(16)20-18(21)17-12-5-10-4-11(7-12)8-13(17)6-10/h10-14,17H,2-9,19H2,1H3. The molecule has 21 heavy (non-hydrogen) atoms. The summed E-state index contributed by atoms with van der Waals surface area (Å²) in [5, 5.41) is 0. The zero-order chi connectivity index (χ0) is 14.1. The Bertz CT molecular complexity index is 545. The Morgan fingerprint density at radius 2 is 1.71 bits per heavy atom. The average Bonchev–Trinajstić information content (AvgIpc) is 2.74. The SMILES string of the molecule is Cn1c(C2C3CC4CC(C3)CC2C4)nc2c1CCC(N)C2. The Labute approximate surface area is 127 Å². The van der Waals surface area contributed by atoms with Gasteiger partial charge >= 0.3 is 0 Å². The summed E-state index contributed by atoms with van der Waals surface area (Å²) < 4.78 is 2.47. The van der Waals surface area contributed by atoms with Crippen LogP contribution in [-0.2, 0) is 19.9 Å². The molecular weight excluding hydrogens is 258 g/mol. The molecule has 1 aromatic heterocycles. The van der Waals surface area contributed by atoms with Gasteiger partial charge in [-0.05, 0) is 68.6 Å². The van der Waals surface area contributed by atoms with Crippen LogP contribution in [0, 0.1) is 23.7 Å². The topological polar surface area (TPSA) is 43.8 Å². The van der Waals surface area contributed by atoms with Crippen molar-refractivity contribution in [1.29, 1.82) is 0 Å². The van der Waals surface area contributed by atoms with Gasteiger partial charge in [-0.2, -0.15) is 0 Å². The van der Waals surface area contributed by atoms with Gasteiger partial charge in [-0.15, -0.1) is 0 Å². The van der Waals surface area contributed by atoms with Crippen LogP contribution >= 0.6 is 0 Å². The van der Waals surface area contributed by atoms with E-state index in [1.54, 1.807) is 0 Å². The Morgan fingerprint density at radius 3 is 2.38 bits per heavy atom. The summed E-state index contributed by atoms with van der Waals surface area (Å²) in [5.74, 6) is 6.13. The second-order valence-electron chi connectivity index (χ2n) is 8.38. The Morgan fingerprint density at radius 1 is 1.05 bits per heavy atom. The lowest BCUT2D eigenvalue weighted by molar-refractivity contribution is -0.00654. The highest BCUT2D eigenvalue weighted by Crippen LogP contribution is 2.59. The van der Waals surface area contributed by atoms with Crippen molar-refractivity contribution >= 4 is 0 Å². The van der Waals surface area contributed by atoms with E-state index < -0.39 is 0 Å². The van der Waals surface area contributed by atoms with Crippen LogP contribution in [0.25, 0.3) is 0 Å². The molecule has 0 aliphatic heterocycles. The van der Waals surface area contributed by atoms with Crippen LogP contribution in [0.2, 0.25) is 0 Å². The van der Waals surface area contributed by atoms with E-state index in [1.807, 2.05) is 0 Å². The van der Waals surface area contributed by atoms with Gasteiger partial charge in [0, 0.05) is 31.1 Å². The molecule has 5 aliphatic carbocycles. The molecule has 3 nitrogen and oxygen atoms in total. The first-order chi connectivity index (χ1) is 10.2. The molecular formula is C18H27N3. The highest BCUT2D eigenvalue weighted by atomic mass is 15.1. The van der Waals surface area contributed by atoms with Crippen LogP contribution in [-0.4, -0.2) is 15.6 Å². The third-order valence-corrected chi connectivity index (χ3v) is 7.06. The molecule has 4 saturated carbocycles. The van der Waals surface area contributed by atoms with Crippen LogP contribution < -0.4 is 5.73 Å². The molecule has 1 atom stereocenters. The highest BCUT2D eigenvalue weighted by molar-refractivity contribution is 5.25. The molecule has 4 fully saturated rings. The number of fused-ring (bicyclic) bond motifs is 1. The van der Waals surface area contributed by atoms with Crippen LogP contribution in [0.1, 0.15) is 61.7 Å². The van der Waals surface area contributed by atoms with Crippen molar-refractivity contribution in [2.45, 2.75) is 63.3 Å². The molecule has 1 heterocycles. The zero-order valence-corrected chi connectivity index (χ0v) is 13.1. The van der Waals surface area contributed by atoms with Crippen molar-refractivity contribution in [1.82, 2.24) is 9.55 Å². The molecule has 0 spiro atoms. The van der Waals surface area contributed by atoms with Gasteiger partial charge in [0.2, 0.25) is 0 Å². The summed E-state index contributed by atoms with van der Waals surface area (Å²) in [6, 6.07) is 0.332. The molecule has 1 unspecified atom stereocenters. The van der Waals surface area contributed by atoms with Crippen molar-refractivity contribution in [3.8, 4) is 0 Å². The smallest absolute Gasteiger partial charge is 0.112 e. The van der Waals surface area contributed by atoms with Crippen molar-refractivity contribution < 1.29 is 0 Å². The largest absolute Gasteiger partial charge is 0.335 e. The number of hydrogen-bond donors (Lipinski definition) is 1. The third kappa shape index (κ3) is 1.79. The molecule has 0 aromatic carbocycles. The van der Waals surface area contributed by atoms with E-state index in [9.17, 15) is 0 Å². The van der Waals surface area contributed by atoms with E-state index in [4.69, 9.17) is 10.7 Å². The van der Waals surface area contributed by atoms with Crippen LogP contribution in [0.4, 0.5) is 0 Å². The van der Waals surface area contributed by atoms with E-state index in [-0.39, 0.29) is 0 Å². The van der Waals surface area contributed by atoms with E-state index >= 15 is 0 Å². The first-order valence-electron chi connectivity index (χ1n) is 8.99. The number of nitrogens with zero attached hydrogens (tertiary/aromatic N) is 2. The predicted molar refractivity (Wildman–Crippen MR) is 83.0 cm³/mol. The molecule has 0 saturated heterocycles. The Balaban J connectivity index is 1.53. The van der Waals surface area contributed by atoms with E-state index in [2.05, 4.69) is 11.6 Å². The van der Waals surface area contributed by atoms with Gasteiger partial charge < -0.3 is 10.3 Å². The Hall–Kier alpha value is -0.830. The minimum Gasteiger partial charge on any atom is -0.335 e. The summed E-state index contributed by atoms with van der Waals surface area (Å²) in [6.07, 6.45) is 10.7. The molecule has 5 aliphatic rings. The molecule has 114 valence electrons. The summed E-state index contributed by atoms with van der Waals surface area (Å²) in [5.41, 5.74) is 8.96. The van der Waals surface area contributed by atoms with E-state index in [0.29, 0.717) is 6.04 Å². The third-order valence-electron chi connectivity index (χ3n) is 7.06. The van der Waals surface area contributed by atoms with Crippen molar-refractivity contribution in [3.05, 3.63) is 17.2 Å². The molecule has 2 N–H and O–H groups in total. The fraction of sp³-hybridized carbons (Fsp3) is 0.833. The predicted octanol–water partition coefficient (Wildman–Crippen LogP) is 2.78. The summed E-state index contributed by atoms with van der Waals surface area (Å²) in [4.78, 5) is 5.13. The summed E-state index contributed by atoms with van der Waals surface area (Å²) in [6.45, 7) is 0. The minimum absolute atomic E-state index is 0.332. The number of aromatic nitrogens is 2. The number of rotatable bonds is 1. The van der Waals surface area contributed by atoms with Crippen molar-refractivity contribution in [3.63, 3.8) is 0 Å². The normalized spacial score (nSPS) is 44.1. The number of hydrogen-bond acceptors (Lipinski definition) is 2. The van der Waals surface area contributed by atoms with Gasteiger partial charge in [-0.3, -0.25) is 0 Å². The van der Waals surface area contributed by atoms with Crippen LogP contribution in [0.15, 0.2) is 0 Å². The quantitative estimate of drug-likeness (QED) is 0.862. The lowest BCUT2D eigenvalue weighted by Crippen LogP contribution is -2.44. The maximum atomic E-state index is 6.15. The van der Waals surface area contributed by atoms with Gasteiger partial charge in [0.1, 0.15) is 5.82 Å². The lowest BCUT2D eigenvalue weighted by Gasteiger charge is -2.54. The molecule has 0 radical (unpaired) electrons. The summed E-state index contributed by atoms with van der Waals surface area (Å²) >= 11 is 0. The van der Waals surface area contributed by atoms with Gasteiger partial charge in [0.25, 0.3) is 0 Å². The maximum Gasteiger partial charge on any atom is 0.112 e. The van der Waals surface area contributed by atoms with Gasteiger partial charge in [0.05, 0.1) is 5.69 Å².